The number of ketones is 1. The number of fused-ring (bicyclic) bond motifs is 2. The Morgan fingerprint density at radius 1 is 1.18 bits per heavy atom. The van der Waals surface area contributed by atoms with E-state index < -0.39 is 12.0 Å². The number of likely N-dealkylation sites (tertiary alicyclic amines) is 1. The summed E-state index contributed by atoms with van der Waals surface area (Å²) in [6.07, 6.45) is 5.67. The maximum absolute atomic E-state index is 13.6. The molecule has 5 N–H and O–H groups in total. The molecular formula is C30H37N3O5. The van der Waals surface area contributed by atoms with Gasteiger partial charge in [-0.25, -0.2) is 0 Å². The van der Waals surface area contributed by atoms with Gasteiger partial charge in [-0.05, 0) is 82.4 Å². The van der Waals surface area contributed by atoms with E-state index in [-0.39, 0.29) is 40.6 Å². The molecular weight excluding hydrogens is 482 g/mol. The summed E-state index contributed by atoms with van der Waals surface area (Å²) in [5.41, 5.74) is 8.13. The van der Waals surface area contributed by atoms with Gasteiger partial charge in [0.15, 0.2) is 5.78 Å². The number of ether oxygens (including phenoxy) is 1. The second kappa shape index (κ2) is 10.8. The van der Waals surface area contributed by atoms with Crippen LogP contribution in [0.2, 0.25) is 0 Å². The van der Waals surface area contributed by atoms with Crippen LogP contribution in [0.4, 0.5) is 0 Å². The lowest BCUT2D eigenvalue weighted by molar-refractivity contribution is -0.122. The lowest BCUT2D eigenvalue weighted by Gasteiger charge is -2.53. The highest BCUT2D eigenvalue weighted by molar-refractivity contribution is 6.14. The molecule has 6 rings (SSSR count). The van der Waals surface area contributed by atoms with Crippen molar-refractivity contribution in [2.45, 2.75) is 51.0 Å². The van der Waals surface area contributed by atoms with Crippen molar-refractivity contribution in [3.05, 3.63) is 51.5 Å². The number of amides is 1. The number of aromatic hydroxyl groups is 1. The molecule has 2 fully saturated rings. The van der Waals surface area contributed by atoms with Crippen LogP contribution < -0.4 is 11.1 Å². The molecule has 0 bridgehead atoms. The third-order valence-corrected chi connectivity index (χ3v) is 8.41. The molecule has 0 aromatic heterocycles. The lowest BCUT2D eigenvalue weighted by atomic mass is 9.59. The second-order valence-electron chi connectivity index (χ2n) is 10.9. The second-order valence-corrected chi connectivity index (χ2v) is 10.9. The number of nitrogens with zero attached hydrogens (tertiary/aromatic N) is 1. The number of benzene rings is 1. The number of rotatable bonds is 3. The number of nitrogens with one attached hydrogen (secondary N) is 1. The zero-order valence-corrected chi connectivity index (χ0v) is 22.2. The summed E-state index contributed by atoms with van der Waals surface area (Å²) in [6.45, 7) is 3.23. The zero-order chi connectivity index (χ0) is 27.0. The Bertz CT molecular complexity index is 1260. The molecule has 5 aliphatic rings. The molecule has 0 spiro atoms. The number of carbonyl (C=O) groups is 2. The fourth-order valence-corrected chi connectivity index (χ4v) is 6.78. The Hall–Kier alpha value is -3.28. The minimum atomic E-state index is -0.682. The lowest BCUT2D eigenvalue weighted by Crippen LogP contribution is -2.54. The number of carbonyl (C=O) groups excluding carboxylic acids is 2. The summed E-state index contributed by atoms with van der Waals surface area (Å²) in [6, 6.07) is 3.36. The van der Waals surface area contributed by atoms with Gasteiger partial charge in [-0.1, -0.05) is 18.3 Å². The minimum absolute atomic E-state index is 0.00620. The number of piperidine rings is 1. The number of hydrogen-bond acceptors (Lipinski definition) is 7. The first-order valence-electron chi connectivity index (χ1n) is 13.7. The van der Waals surface area contributed by atoms with Crippen LogP contribution in [0.5, 0.6) is 5.75 Å². The average molecular weight is 520 g/mol. The highest BCUT2D eigenvalue weighted by atomic mass is 16.5. The molecule has 4 unspecified atom stereocenters. The first-order chi connectivity index (χ1) is 18.3. The van der Waals surface area contributed by atoms with Gasteiger partial charge in [0, 0.05) is 30.5 Å². The first-order valence-corrected chi connectivity index (χ1v) is 13.7. The van der Waals surface area contributed by atoms with Gasteiger partial charge in [0.1, 0.15) is 23.4 Å². The molecule has 1 aromatic carbocycles. The van der Waals surface area contributed by atoms with Crippen LogP contribution in [0.1, 0.15) is 60.0 Å². The molecule has 0 radical (unpaired) electrons. The van der Waals surface area contributed by atoms with Crippen molar-refractivity contribution in [3.8, 4) is 17.6 Å². The van der Waals surface area contributed by atoms with Gasteiger partial charge in [-0.3, -0.25) is 9.59 Å². The number of phenols is 1. The van der Waals surface area contributed by atoms with Crippen molar-refractivity contribution in [1.82, 2.24) is 10.2 Å². The number of primary amides is 1. The molecule has 38 heavy (non-hydrogen) atoms. The minimum Gasteiger partial charge on any atom is -0.512 e. The van der Waals surface area contributed by atoms with E-state index >= 15 is 0 Å². The van der Waals surface area contributed by atoms with E-state index in [1.165, 1.54) is 19.3 Å². The molecule has 4 atom stereocenters. The standard InChI is InChI=1S/C28H30N2O5.C2H7N/c29-28(34)24-20(32)14-17-12-16-13-18-15(6-2-5-11-30-9-3-1-4-10-30)7-8-19(31)23(18)25(33)21(16)26-22(17)27(24)35-26;1-3-2/h7-8,16-17,22,27,31-32H,1,3-5,9-14H2,(H2,29,34);3H,1-2H3. The Morgan fingerprint density at radius 3 is 2.63 bits per heavy atom. The largest absolute Gasteiger partial charge is 0.512 e. The molecule has 202 valence electrons. The van der Waals surface area contributed by atoms with Crippen molar-refractivity contribution in [2.24, 2.45) is 23.5 Å². The Morgan fingerprint density at radius 2 is 1.92 bits per heavy atom. The van der Waals surface area contributed by atoms with E-state index in [0.29, 0.717) is 36.2 Å². The third-order valence-electron chi connectivity index (χ3n) is 8.41. The summed E-state index contributed by atoms with van der Waals surface area (Å²) < 4.78 is 5.95. The Kier molecular flexibility index (Phi) is 7.51. The van der Waals surface area contributed by atoms with E-state index in [4.69, 9.17) is 10.5 Å². The summed E-state index contributed by atoms with van der Waals surface area (Å²) in [5, 5.41) is 23.8. The summed E-state index contributed by atoms with van der Waals surface area (Å²) in [4.78, 5) is 28.0. The van der Waals surface area contributed by atoms with Crippen LogP contribution >= 0.6 is 0 Å². The highest BCUT2D eigenvalue weighted by Gasteiger charge is 2.58. The SMILES string of the molecule is CNC.NC(=O)C1=C(O)CC2CC3Cc4c(C#CCCN5CCCCC5)ccc(O)c4C(=O)C3=C3OC1C32. The van der Waals surface area contributed by atoms with Crippen molar-refractivity contribution < 1.29 is 24.5 Å². The van der Waals surface area contributed by atoms with Crippen LogP contribution in [0.3, 0.4) is 0 Å². The summed E-state index contributed by atoms with van der Waals surface area (Å²) >= 11 is 0. The van der Waals surface area contributed by atoms with Gasteiger partial charge >= 0.3 is 0 Å². The van der Waals surface area contributed by atoms with Crippen LogP contribution in [-0.2, 0) is 16.0 Å². The van der Waals surface area contributed by atoms with E-state index in [1.807, 2.05) is 20.2 Å². The van der Waals surface area contributed by atoms with Gasteiger partial charge in [-0.2, -0.15) is 0 Å². The van der Waals surface area contributed by atoms with Gasteiger partial charge < -0.3 is 30.9 Å². The number of nitrogens with two attached hydrogens (primary N) is 1. The smallest absolute Gasteiger partial charge is 0.251 e. The number of hydrogen-bond donors (Lipinski definition) is 4. The van der Waals surface area contributed by atoms with E-state index in [9.17, 15) is 19.8 Å². The van der Waals surface area contributed by atoms with Gasteiger partial charge in [0.2, 0.25) is 0 Å². The molecule has 1 amide bonds. The average Bonchev–Trinajstić information content (AvgIpc) is 2.86. The molecule has 2 saturated heterocycles. The van der Waals surface area contributed by atoms with E-state index in [1.54, 1.807) is 6.07 Å². The van der Waals surface area contributed by atoms with Crippen molar-refractivity contribution >= 4 is 11.7 Å². The predicted octanol–water partition coefficient (Wildman–Crippen LogP) is 2.80. The number of allylic oxidation sites excluding steroid dienone is 2. The molecule has 3 aliphatic carbocycles. The zero-order valence-electron chi connectivity index (χ0n) is 22.2. The maximum atomic E-state index is 13.6. The number of aliphatic hydroxyl groups is 1. The molecule has 2 heterocycles. The summed E-state index contributed by atoms with van der Waals surface area (Å²) in [7, 11) is 3.75. The van der Waals surface area contributed by atoms with Crippen LogP contribution in [0.25, 0.3) is 0 Å². The Balaban J connectivity index is 0.000000937. The normalized spacial score (nSPS) is 27.4. The number of aliphatic hydroxyl groups excluding tert-OH is 1. The van der Waals surface area contributed by atoms with Crippen molar-refractivity contribution in [3.63, 3.8) is 0 Å². The molecule has 2 aliphatic heterocycles. The van der Waals surface area contributed by atoms with Crippen LogP contribution in [0.15, 0.2) is 34.8 Å². The monoisotopic (exact) mass is 519 g/mol. The third kappa shape index (κ3) is 4.59. The molecule has 1 aromatic rings. The van der Waals surface area contributed by atoms with Gasteiger partial charge in [0.05, 0.1) is 17.1 Å². The molecule has 8 heteroatoms. The maximum Gasteiger partial charge on any atom is 0.251 e. The van der Waals surface area contributed by atoms with Gasteiger partial charge in [-0.15, -0.1) is 0 Å². The summed E-state index contributed by atoms with van der Waals surface area (Å²) in [5.74, 6) is 6.15. The van der Waals surface area contributed by atoms with Crippen molar-refractivity contribution in [1.29, 1.82) is 0 Å². The highest BCUT2D eigenvalue weighted by Crippen LogP contribution is 2.57. The van der Waals surface area contributed by atoms with E-state index in [0.717, 1.165) is 37.2 Å². The van der Waals surface area contributed by atoms with Crippen LogP contribution in [-0.4, -0.2) is 66.6 Å². The molecule has 8 nitrogen and oxygen atoms in total. The quantitative estimate of drug-likeness (QED) is 0.453. The van der Waals surface area contributed by atoms with E-state index in [2.05, 4.69) is 22.1 Å². The molecule has 0 saturated carbocycles. The fourth-order valence-electron chi connectivity index (χ4n) is 6.78. The van der Waals surface area contributed by atoms with Gasteiger partial charge in [0.25, 0.3) is 5.91 Å². The number of phenolic OH excluding ortho intramolecular Hbond substituents is 1. The predicted molar refractivity (Wildman–Crippen MR) is 143 cm³/mol. The van der Waals surface area contributed by atoms with Crippen LogP contribution in [0, 0.1) is 29.6 Å². The Labute approximate surface area is 223 Å². The first kappa shape index (κ1) is 26.3. The van der Waals surface area contributed by atoms with Crippen molar-refractivity contribution in [2.75, 3.05) is 33.7 Å². The fraction of sp³-hybridized carbons (Fsp3) is 0.533. The number of Topliss-reactive ketones (excluding diaryl/α,β-unsaturated/α-hetero) is 1. The topological polar surface area (TPSA) is 125 Å².